The monoisotopic (exact) mass is 361 g/mol. The molecule has 5 nitrogen and oxygen atoms in total. The van der Waals surface area contributed by atoms with Crippen LogP contribution in [0.3, 0.4) is 0 Å². The third kappa shape index (κ3) is 3.43. The lowest BCUT2D eigenvalue weighted by Crippen LogP contribution is -2.22. The standard InChI is InChI=1S/C18H20FN3O2S/c1-18(2,3)22-9-11(8-20-22)21-17(23)16-12(10-24-4)15-13(19)6-5-7-14(15)25-16/h5-9H,10H2,1-4H3,(H,21,23). The highest BCUT2D eigenvalue weighted by Gasteiger charge is 2.22. The van der Waals surface area contributed by atoms with E-state index in [2.05, 4.69) is 10.4 Å². The number of amides is 1. The van der Waals surface area contributed by atoms with Gasteiger partial charge in [-0.15, -0.1) is 11.3 Å². The number of hydrogen-bond donors (Lipinski definition) is 1. The highest BCUT2D eigenvalue weighted by molar-refractivity contribution is 7.21. The van der Waals surface area contributed by atoms with Crippen LogP contribution in [0.2, 0.25) is 0 Å². The summed E-state index contributed by atoms with van der Waals surface area (Å²) in [5.41, 5.74) is 0.993. The number of hydrogen-bond acceptors (Lipinski definition) is 4. The molecule has 0 aliphatic rings. The number of thiophene rings is 1. The number of anilines is 1. The molecule has 2 heterocycles. The van der Waals surface area contributed by atoms with Gasteiger partial charge in [0, 0.05) is 29.0 Å². The second-order valence-corrected chi connectivity index (χ2v) is 7.81. The van der Waals surface area contributed by atoms with Crippen molar-refractivity contribution >= 4 is 33.0 Å². The summed E-state index contributed by atoms with van der Waals surface area (Å²) in [4.78, 5) is 13.2. The van der Waals surface area contributed by atoms with E-state index < -0.39 is 0 Å². The van der Waals surface area contributed by atoms with Gasteiger partial charge in [-0.1, -0.05) is 6.07 Å². The number of benzene rings is 1. The summed E-state index contributed by atoms with van der Waals surface area (Å²) in [5.74, 6) is -0.637. The SMILES string of the molecule is COCc1c(C(=O)Nc2cnn(C(C)(C)C)c2)sc2cccc(F)c12. The van der Waals surface area contributed by atoms with Crippen molar-refractivity contribution in [1.82, 2.24) is 9.78 Å². The fraction of sp³-hybridized carbons (Fsp3) is 0.333. The van der Waals surface area contributed by atoms with E-state index in [1.165, 1.54) is 24.5 Å². The van der Waals surface area contributed by atoms with Crippen LogP contribution in [0.5, 0.6) is 0 Å². The Bertz CT molecular complexity index is 924. The number of aromatic nitrogens is 2. The molecule has 0 saturated heterocycles. The van der Waals surface area contributed by atoms with Crippen molar-refractivity contribution < 1.29 is 13.9 Å². The molecule has 0 spiro atoms. The first-order valence-electron chi connectivity index (χ1n) is 7.86. The molecule has 3 rings (SSSR count). The van der Waals surface area contributed by atoms with Gasteiger partial charge in [-0.25, -0.2) is 4.39 Å². The van der Waals surface area contributed by atoms with Crippen LogP contribution in [0, 0.1) is 5.82 Å². The van der Waals surface area contributed by atoms with Crippen molar-refractivity contribution in [1.29, 1.82) is 0 Å². The van der Waals surface area contributed by atoms with Gasteiger partial charge < -0.3 is 10.1 Å². The average Bonchev–Trinajstić information content (AvgIpc) is 3.13. The van der Waals surface area contributed by atoms with Crippen LogP contribution in [0.1, 0.15) is 36.0 Å². The first kappa shape index (κ1) is 17.6. The van der Waals surface area contributed by atoms with E-state index in [4.69, 9.17) is 4.74 Å². The predicted octanol–water partition coefficient (Wildman–Crippen LogP) is 4.39. The number of ether oxygens (including phenoxy) is 1. The van der Waals surface area contributed by atoms with Gasteiger partial charge in [0.2, 0.25) is 0 Å². The molecule has 1 amide bonds. The first-order valence-corrected chi connectivity index (χ1v) is 8.68. The van der Waals surface area contributed by atoms with E-state index in [0.29, 0.717) is 21.5 Å². The third-order valence-corrected chi connectivity index (χ3v) is 4.98. The fourth-order valence-corrected chi connectivity index (χ4v) is 3.69. The van der Waals surface area contributed by atoms with E-state index in [9.17, 15) is 9.18 Å². The Hall–Kier alpha value is -2.25. The van der Waals surface area contributed by atoms with Crippen molar-refractivity contribution in [2.24, 2.45) is 0 Å². The topological polar surface area (TPSA) is 56.1 Å². The summed E-state index contributed by atoms with van der Waals surface area (Å²) in [7, 11) is 1.53. The largest absolute Gasteiger partial charge is 0.380 e. The van der Waals surface area contributed by atoms with E-state index in [0.717, 1.165) is 4.70 Å². The molecule has 25 heavy (non-hydrogen) atoms. The van der Waals surface area contributed by atoms with Gasteiger partial charge in [0.15, 0.2) is 0 Å². The molecule has 0 saturated carbocycles. The number of carbonyl (C=O) groups is 1. The zero-order valence-electron chi connectivity index (χ0n) is 14.6. The van der Waals surface area contributed by atoms with Crippen molar-refractivity contribution in [2.75, 3.05) is 12.4 Å². The molecular formula is C18H20FN3O2S. The van der Waals surface area contributed by atoms with Gasteiger partial charge in [-0.2, -0.15) is 5.10 Å². The highest BCUT2D eigenvalue weighted by atomic mass is 32.1. The molecule has 1 aromatic carbocycles. The molecule has 0 fully saturated rings. The zero-order valence-corrected chi connectivity index (χ0v) is 15.4. The molecule has 2 aromatic heterocycles. The maximum absolute atomic E-state index is 14.2. The van der Waals surface area contributed by atoms with Gasteiger partial charge in [-0.05, 0) is 32.9 Å². The van der Waals surface area contributed by atoms with Crippen LogP contribution in [-0.4, -0.2) is 22.8 Å². The summed E-state index contributed by atoms with van der Waals surface area (Å²) in [5, 5.41) is 7.56. The lowest BCUT2D eigenvalue weighted by atomic mass is 10.1. The van der Waals surface area contributed by atoms with E-state index in [1.807, 2.05) is 20.8 Å². The minimum Gasteiger partial charge on any atom is -0.380 e. The normalized spacial score (nSPS) is 11.9. The maximum atomic E-state index is 14.2. The fourth-order valence-electron chi connectivity index (χ4n) is 2.57. The third-order valence-electron chi connectivity index (χ3n) is 3.79. The van der Waals surface area contributed by atoms with Crippen LogP contribution in [0.4, 0.5) is 10.1 Å². The molecule has 0 aliphatic heterocycles. The molecule has 0 unspecified atom stereocenters. The summed E-state index contributed by atoms with van der Waals surface area (Å²) in [6.45, 7) is 6.25. The molecule has 0 bridgehead atoms. The molecule has 7 heteroatoms. The Kier molecular flexibility index (Phi) is 4.62. The molecular weight excluding hydrogens is 341 g/mol. The molecule has 1 N–H and O–H groups in total. The van der Waals surface area contributed by atoms with Crippen LogP contribution >= 0.6 is 11.3 Å². The number of nitrogens with zero attached hydrogens (tertiary/aromatic N) is 2. The van der Waals surface area contributed by atoms with E-state index >= 15 is 0 Å². The number of rotatable bonds is 4. The van der Waals surface area contributed by atoms with Crippen molar-refractivity contribution in [3.63, 3.8) is 0 Å². The summed E-state index contributed by atoms with van der Waals surface area (Å²) >= 11 is 1.26. The minimum absolute atomic E-state index is 0.172. The maximum Gasteiger partial charge on any atom is 0.266 e. The zero-order chi connectivity index (χ0) is 18.2. The van der Waals surface area contributed by atoms with Gasteiger partial charge in [0.1, 0.15) is 5.82 Å². The van der Waals surface area contributed by atoms with Crippen LogP contribution in [0.25, 0.3) is 10.1 Å². The van der Waals surface area contributed by atoms with Crippen molar-refractivity contribution in [3.8, 4) is 0 Å². The minimum atomic E-state index is -0.347. The lowest BCUT2D eigenvalue weighted by molar-refractivity contribution is 0.102. The van der Waals surface area contributed by atoms with Crippen LogP contribution in [0.15, 0.2) is 30.6 Å². The van der Waals surface area contributed by atoms with Gasteiger partial charge in [-0.3, -0.25) is 9.48 Å². The Morgan fingerprint density at radius 3 is 2.80 bits per heavy atom. The molecule has 0 radical (unpaired) electrons. The number of carbonyl (C=O) groups excluding carboxylic acids is 1. The second kappa shape index (κ2) is 6.57. The van der Waals surface area contributed by atoms with Crippen molar-refractivity contribution in [2.45, 2.75) is 32.9 Å². The Morgan fingerprint density at radius 1 is 1.40 bits per heavy atom. The summed E-state index contributed by atoms with van der Waals surface area (Å²) in [6.07, 6.45) is 3.38. The molecule has 132 valence electrons. The summed E-state index contributed by atoms with van der Waals surface area (Å²) < 4.78 is 21.9. The van der Waals surface area contributed by atoms with Crippen molar-refractivity contribution in [3.05, 3.63) is 46.9 Å². The van der Waals surface area contributed by atoms with Gasteiger partial charge in [0.05, 0.1) is 28.9 Å². The Balaban J connectivity index is 1.95. The lowest BCUT2D eigenvalue weighted by Gasteiger charge is -2.18. The van der Waals surface area contributed by atoms with Gasteiger partial charge in [0.25, 0.3) is 5.91 Å². The molecule has 0 atom stereocenters. The van der Waals surface area contributed by atoms with E-state index in [1.54, 1.807) is 29.2 Å². The highest BCUT2D eigenvalue weighted by Crippen LogP contribution is 2.34. The summed E-state index contributed by atoms with van der Waals surface area (Å²) in [6, 6.07) is 4.83. The average molecular weight is 361 g/mol. The number of nitrogens with one attached hydrogen (secondary N) is 1. The molecule has 0 aliphatic carbocycles. The predicted molar refractivity (Wildman–Crippen MR) is 97.7 cm³/mol. The number of methoxy groups -OCH3 is 1. The second-order valence-electron chi connectivity index (χ2n) is 6.75. The Morgan fingerprint density at radius 2 is 2.16 bits per heavy atom. The molecule has 3 aromatic rings. The number of halogens is 1. The quantitative estimate of drug-likeness (QED) is 0.750. The van der Waals surface area contributed by atoms with Crippen LogP contribution < -0.4 is 5.32 Å². The smallest absolute Gasteiger partial charge is 0.266 e. The van der Waals surface area contributed by atoms with Crippen LogP contribution in [-0.2, 0) is 16.9 Å². The first-order chi connectivity index (χ1) is 11.8. The number of fused-ring (bicyclic) bond motifs is 1. The Labute approximate surface area is 149 Å². The van der Waals surface area contributed by atoms with Gasteiger partial charge >= 0.3 is 0 Å². The van der Waals surface area contributed by atoms with E-state index in [-0.39, 0.29) is 23.9 Å².